The fourth-order valence-corrected chi connectivity index (χ4v) is 3.19. The Morgan fingerprint density at radius 1 is 1.39 bits per heavy atom. The molecule has 18 heavy (non-hydrogen) atoms. The zero-order chi connectivity index (χ0) is 12.6. The van der Waals surface area contributed by atoms with E-state index in [-0.39, 0.29) is 11.6 Å². The van der Waals surface area contributed by atoms with E-state index in [0.717, 1.165) is 18.0 Å². The van der Waals surface area contributed by atoms with Crippen molar-refractivity contribution in [2.75, 3.05) is 5.32 Å². The molecule has 0 saturated heterocycles. The Morgan fingerprint density at radius 3 is 2.89 bits per heavy atom. The van der Waals surface area contributed by atoms with Crippen molar-refractivity contribution in [2.45, 2.75) is 51.1 Å². The Hall–Kier alpha value is -1.30. The van der Waals surface area contributed by atoms with E-state index >= 15 is 0 Å². The van der Waals surface area contributed by atoms with Crippen LogP contribution in [-0.4, -0.2) is 16.6 Å². The van der Waals surface area contributed by atoms with Crippen molar-refractivity contribution in [3.63, 3.8) is 0 Å². The van der Waals surface area contributed by atoms with Crippen LogP contribution in [0.1, 0.15) is 43.2 Å². The predicted octanol–water partition coefficient (Wildman–Crippen LogP) is 2.92. The van der Waals surface area contributed by atoms with Crippen molar-refractivity contribution in [2.24, 2.45) is 10.2 Å². The lowest BCUT2D eigenvalue weighted by atomic mass is 10.0. The summed E-state index contributed by atoms with van der Waals surface area (Å²) < 4.78 is 0. The minimum atomic E-state index is -0.292. The molecule has 0 aromatic carbocycles. The van der Waals surface area contributed by atoms with E-state index in [9.17, 15) is 4.79 Å². The monoisotopic (exact) mass is 264 g/mol. The number of hydrogen-bond donors (Lipinski definition) is 1. The molecule has 0 saturated carbocycles. The maximum Gasteiger partial charge on any atom is 0.226 e. The maximum absolute atomic E-state index is 11.8. The minimum Gasteiger partial charge on any atom is -0.302 e. The van der Waals surface area contributed by atoms with Gasteiger partial charge in [-0.3, -0.25) is 4.79 Å². The number of carbonyl (C=O) groups excluding carboxylic acids is 1. The number of aromatic nitrogens is 1. The van der Waals surface area contributed by atoms with E-state index in [1.807, 2.05) is 6.92 Å². The Labute approximate surface area is 110 Å². The number of anilines is 1. The van der Waals surface area contributed by atoms with Crippen molar-refractivity contribution in [3.05, 3.63) is 10.6 Å². The molecular formula is C12H16N4OS. The average molecular weight is 264 g/mol. The quantitative estimate of drug-likeness (QED) is 0.908. The van der Waals surface area contributed by atoms with Crippen molar-refractivity contribution in [1.82, 2.24) is 4.98 Å². The first-order valence-corrected chi connectivity index (χ1v) is 7.19. The molecule has 6 heteroatoms. The molecule has 1 aliphatic heterocycles. The molecule has 0 bridgehead atoms. The zero-order valence-corrected chi connectivity index (χ0v) is 11.2. The van der Waals surface area contributed by atoms with Gasteiger partial charge in [0, 0.05) is 17.7 Å². The van der Waals surface area contributed by atoms with E-state index in [0.29, 0.717) is 12.8 Å². The maximum atomic E-state index is 11.8. The smallest absolute Gasteiger partial charge is 0.226 e. The summed E-state index contributed by atoms with van der Waals surface area (Å²) in [6, 6.07) is 0. The summed E-state index contributed by atoms with van der Waals surface area (Å²) in [6.07, 6.45) is 5.75. The third kappa shape index (κ3) is 2.58. The molecule has 5 nitrogen and oxygen atoms in total. The Kier molecular flexibility index (Phi) is 2.89. The summed E-state index contributed by atoms with van der Waals surface area (Å²) in [5.41, 5.74) is 0.889. The molecule has 1 aromatic heterocycles. The van der Waals surface area contributed by atoms with Gasteiger partial charge in [0.1, 0.15) is 0 Å². The van der Waals surface area contributed by atoms with Crippen LogP contribution in [0.25, 0.3) is 0 Å². The fourth-order valence-electron chi connectivity index (χ4n) is 2.12. The van der Waals surface area contributed by atoms with Gasteiger partial charge in [0.15, 0.2) is 10.8 Å². The zero-order valence-electron chi connectivity index (χ0n) is 10.4. The van der Waals surface area contributed by atoms with Gasteiger partial charge < -0.3 is 5.32 Å². The normalized spacial score (nSPS) is 19.4. The first-order chi connectivity index (χ1) is 8.65. The third-order valence-electron chi connectivity index (χ3n) is 3.36. The number of thiazole rings is 1. The molecule has 0 radical (unpaired) electrons. The van der Waals surface area contributed by atoms with Crippen molar-refractivity contribution in [3.8, 4) is 0 Å². The van der Waals surface area contributed by atoms with Crippen molar-refractivity contribution in [1.29, 1.82) is 0 Å². The van der Waals surface area contributed by atoms with Crippen LogP contribution in [0, 0.1) is 0 Å². The molecule has 0 atom stereocenters. The topological polar surface area (TPSA) is 66.7 Å². The second kappa shape index (κ2) is 4.42. The van der Waals surface area contributed by atoms with Crippen LogP contribution in [0.2, 0.25) is 0 Å². The lowest BCUT2D eigenvalue weighted by Crippen LogP contribution is -2.15. The second-order valence-electron chi connectivity index (χ2n) is 5.06. The van der Waals surface area contributed by atoms with Gasteiger partial charge in [-0.25, -0.2) is 4.98 Å². The molecule has 2 heterocycles. The highest BCUT2D eigenvalue weighted by molar-refractivity contribution is 7.15. The van der Waals surface area contributed by atoms with Crippen molar-refractivity contribution < 1.29 is 4.79 Å². The van der Waals surface area contributed by atoms with Gasteiger partial charge in [-0.1, -0.05) is 0 Å². The Bertz CT molecular complexity index is 479. The van der Waals surface area contributed by atoms with E-state index < -0.39 is 0 Å². The fraction of sp³-hybridized carbons (Fsp3) is 0.667. The van der Waals surface area contributed by atoms with Gasteiger partial charge >= 0.3 is 0 Å². The van der Waals surface area contributed by atoms with Crippen LogP contribution in [-0.2, 0) is 17.6 Å². The molecule has 1 aromatic rings. The molecule has 0 fully saturated rings. The highest BCUT2D eigenvalue weighted by atomic mass is 32.1. The SMILES string of the molecule is CC1(CCC(=O)Nc2nc3c(s2)CCCC3)N=N1. The van der Waals surface area contributed by atoms with E-state index in [1.54, 1.807) is 11.3 Å². The van der Waals surface area contributed by atoms with Gasteiger partial charge in [0.05, 0.1) is 5.69 Å². The summed E-state index contributed by atoms with van der Waals surface area (Å²) in [5, 5.41) is 11.4. The predicted molar refractivity (Wildman–Crippen MR) is 69.9 cm³/mol. The molecule has 1 N–H and O–H groups in total. The summed E-state index contributed by atoms with van der Waals surface area (Å²) in [6.45, 7) is 1.93. The number of nitrogens with zero attached hydrogens (tertiary/aromatic N) is 3. The first-order valence-electron chi connectivity index (χ1n) is 6.37. The van der Waals surface area contributed by atoms with Crippen LogP contribution in [0.3, 0.4) is 0 Å². The number of amides is 1. The first kappa shape index (κ1) is 11.8. The lowest BCUT2D eigenvalue weighted by Gasteiger charge is -2.06. The van der Waals surface area contributed by atoms with Gasteiger partial charge in [-0.15, -0.1) is 11.3 Å². The van der Waals surface area contributed by atoms with Crippen molar-refractivity contribution >= 4 is 22.4 Å². The summed E-state index contributed by atoms with van der Waals surface area (Å²) in [7, 11) is 0. The van der Waals surface area contributed by atoms with Gasteiger partial charge in [0.25, 0.3) is 0 Å². The minimum absolute atomic E-state index is 0.0135. The number of nitrogens with one attached hydrogen (secondary N) is 1. The van der Waals surface area contributed by atoms with Crippen LogP contribution in [0.5, 0.6) is 0 Å². The molecule has 0 spiro atoms. The third-order valence-corrected chi connectivity index (χ3v) is 4.43. The summed E-state index contributed by atoms with van der Waals surface area (Å²) in [4.78, 5) is 17.6. The molecular weight excluding hydrogens is 248 g/mol. The number of fused-ring (bicyclic) bond motifs is 1. The summed E-state index contributed by atoms with van der Waals surface area (Å²) >= 11 is 1.62. The summed E-state index contributed by atoms with van der Waals surface area (Å²) in [5.74, 6) is 0.0135. The number of rotatable bonds is 4. The van der Waals surface area contributed by atoms with Gasteiger partial charge in [-0.05, 0) is 32.6 Å². The van der Waals surface area contributed by atoms with Crippen LogP contribution in [0.4, 0.5) is 5.13 Å². The highest BCUT2D eigenvalue weighted by Crippen LogP contribution is 2.33. The Balaban J connectivity index is 1.55. The molecule has 3 rings (SSSR count). The molecule has 2 aliphatic rings. The van der Waals surface area contributed by atoms with Crippen LogP contribution in [0.15, 0.2) is 10.2 Å². The molecule has 96 valence electrons. The highest BCUT2D eigenvalue weighted by Gasteiger charge is 2.33. The standard InChI is InChI=1S/C12H16N4OS/c1-12(15-16-12)7-6-10(17)14-11-13-8-4-2-3-5-9(8)18-11/h2-7H2,1H3,(H,13,14,17). The lowest BCUT2D eigenvalue weighted by molar-refractivity contribution is -0.116. The number of hydrogen-bond acceptors (Lipinski definition) is 5. The Morgan fingerprint density at radius 2 is 2.17 bits per heavy atom. The number of aryl methyl sites for hydroxylation is 2. The molecule has 1 amide bonds. The van der Waals surface area contributed by atoms with Crippen LogP contribution < -0.4 is 5.32 Å². The van der Waals surface area contributed by atoms with E-state index in [4.69, 9.17) is 0 Å². The second-order valence-corrected chi connectivity index (χ2v) is 6.14. The molecule has 1 aliphatic carbocycles. The average Bonchev–Trinajstić information content (AvgIpc) is 2.95. The van der Waals surface area contributed by atoms with Gasteiger partial charge in [-0.2, -0.15) is 10.2 Å². The molecule has 0 unspecified atom stereocenters. The van der Waals surface area contributed by atoms with Crippen LogP contribution >= 0.6 is 11.3 Å². The largest absolute Gasteiger partial charge is 0.302 e. The van der Waals surface area contributed by atoms with Gasteiger partial charge in [0.2, 0.25) is 5.91 Å². The van der Waals surface area contributed by atoms with E-state index in [1.165, 1.54) is 23.4 Å². The van der Waals surface area contributed by atoms with E-state index in [2.05, 4.69) is 20.5 Å². The number of carbonyl (C=O) groups is 1.